The molecule has 0 N–H and O–H groups in total. The lowest BCUT2D eigenvalue weighted by molar-refractivity contribution is -0.136. The molecule has 23 heavy (non-hydrogen) atoms. The number of carbonyl (C=O) groups excluding carboxylic acids is 1. The van der Waals surface area contributed by atoms with Crippen molar-refractivity contribution in [3.8, 4) is 11.5 Å². The summed E-state index contributed by atoms with van der Waals surface area (Å²) in [7, 11) is 0. The van der Waals surface area contributed by atoms with Gasteiger partial charge in [-0.05, 0) is 36.2 Å². The lowest BCUT2D eigenvalue weighted by Gasteiger charge is -2.07. The molecule has 0 fully saturated rings. The van der Waals surface area contributed by atoms with E-state index in [0.29, 0.717) is 23.0 Å². The highest BCUT2D eigenvalue weighted by atomic mass is 16.6. The fourth-order valence-corrected chi connectivity index (χ4v) is 2.21. The van der Waals surface area contributed by atoms with Crippen LogP contribution in [-0.4, -0.2) is 17.6 Å². The van der Waals surface area contributed by atoms with Crippen molar-refractivity contribution in [1.82, 2.24) is 4.98 Å². The van der Waals surface area contributed by atoms with E-state index in [0.717, 1.165) is 11.9 Å². The Hall–Kier alpha value is -2.82. The largest absolute Gasteiger partial charge is 0.482 e. The van der Waals surface area contributed by atoms with Crippen LogP contribution < -0.4 is 9.47 Å². The predicted molar refractivity (Wildman–Crippen MR) is 85.7 cm³/mol. The molecule has 3 aromatic rings. The van der Waals surface area contributed by atoms with Crippen LogP contribution >= 0.6 is 0 Å². The minimum absolute atomic E-state index is 0.154. The van der Waals surface area contributed by atoms with Crippen LogP contribution in [0.3, 0.4) is 0 Å². The molecular formula is C18H17NO4. The van der Waals surface area contributed by atoms with E-state index in [1.165, 1.54) is 5.56 Å². The molecule has 1 heterocycles. The van der Waals surface area contributed by atoms with Crippen molar-refractivity contribution in [2.75, 3.05) is 6.61 Å². The fourth-order valence-electron chi connectivity index (χ4n) is 2.21. The number of benzene rings is 2. The van der Waals surface area contributed by atoms with Crippen molar-refractivity contribution < 1.29 is 18.7 Å². The SMILES string of the molecule is CCc1ccc(OCC(=O)Oc2ccc3nc(C)oc3c2)cc1. The Kier molecular flexibility index (Phi) is 4.28. The van der Waals surface area contributed by atoms with Gasteiger partial charge in [0.05, 0.1) is 0 Å². The summed E-state index contributed by atoms with van der Waals surface area (Å²) in [5.41, 5.74) is 2.54. The van der Waals surface area contributed by atoms with Gasteiger partial charge in [0, 0.05) is 13.0 Å². The topological polar surface area (TPSA) is 61.6 Å². The Morgan fingerprint density at radius 2 is 1.87 bits per heavy atom. The maximum atomic E-state index is 11.9. The lowest BCUT2D eigenvalue weighted by Crippen LogP contribution is -2.17. The van der Waals surface area contributed by atoms with E-state index >= 15 is 0 Å². The molecule has 5 nitrogen and oxygen atoms in total. The number of ether oxygens (including phenoxy) is 2. The second-order valence-electron chi connectivity index (χ2n) is 5.12. The Balaban J connectivity index is 1.59. The second-order valence-corrected chi connectivity index (χ2v) is 5.12. The predicted octanol–water partition coefficient (Wildman–Crippen LogP) is 3.68. The number of oxazole rings is 1. The third-order valence-corrected chi connectivity index (χ3v) is 3.39. The first-order chi connectivity index (χ1) is 11.1. The maximum Gasteiger partial charge on any atom is 0.349 e. The zero-order chi connectivity index (χ0) is 16.2. The van der Waals surface area contributed by atoms with Gasteiger partial charge in [-0.1, -0.05) is 19.1 Å². The molecule has 0 bridgehead atoms. The van der Waals surface area contributed by atoms with Crippen LogP contribution in [-0.2, 0) is 11.2 Å². The molecule has 3 rings (SSSR count). The number of aromatic nitrogens is 1. The summed E-state index contributed by atoms with van der Waals surface area (Å²) < 4.78 is 16.1. The first kappa shape index (κ1) is 15.1. The van der Waals surface area contributed by atoms with Crippen LogP contribution in [0.15, 0.2) is 46.9 Å². The van der Waals surface area contributed by atoms with Crippen molar-refractivity contribution in [1.29, 1.82) is 0 Å². The van der Waals surface area contributed by atoms with Crippen LogP contribution in [0, 0.1) is 6.92 Å². The van der Waals surface area contributed by atoms with E-state index in [1.54, 1.807) is 25.1 Å². The highest BCUT2D eigenvalue weighted by Gasteiger charge is 2.09. The molecule has 0 aliphatic carbocycles. The van der Waals surface area contributed by atoms with Gasteiger partial charge in [-0.25, -0.2) is 9.78 Å². The number of esters is 1. The summed E-state index contributed by atoms with van der Waals surface area (Å²) in [6.45, 7) is 3.70. The average Bonchev–Trinajstić information content (AvgIpc) is 2.92. The molecule has 0 spiro atoms. The highest BCUT2D eigenvalue weighted by Crippen LogP contribution is 2.21. The van der Waals surface area contributed by atoms with Gasteiger partial charge in [0.2, 0.25) is 0 Å². The van der Waals surface area contributed by atoms with E-state index in [-0.39, 0.29) is 6.61 Å². The summed E-state index contributed by atoms with van der Waals surface area (Å²) in [5, 5.41) is 0. The minimum atomic E-state index is -0.472. The first-order valence-corrected chi connectivity index (χ1v) is 7.43. The molecular weight excluding hydrogens is 294 g/mol. The third-order valence-electron chi connectivity index (χ3n) is 3.39. The molecule has 118 valence electrons. The van der Waals surface area contributed by atoms with Crippen LogP contribution in [0.25, 0.3) is 11.1 Å². The number of carbonyl (C=O) groups is 1. The third kappa shape index (κ3) is 3.69. The van der Waals surface area contributed by atoms with E-state index in [4.69, 9.17) is 13.9 Å². The lowest BCUT2D eigenvalue weighted by atomic mass is 10.2. The smallest absolute Gasteiger partial charge is 0.349 e. The Morgan fingerprint density at radius 3 is 2.61 bits per heavy atom. The number of hydrogen-bond donors (Lipinski definition) is 0. The van der Waals surface area contributed by atoms with Gasteiger partial charge in [0.15, 0.2) is 18.1 Å². The zero-order valence-corrected chi connectivity index (χ0v) is 13.0. The standard InChI is InChI=1S/C18H17NO4/c1-3-13-4-6-14(7-5-13)21-11-18(20)23-15-8-9-16-17(10-15)22-12(2)19-16/h4-10H,3,11H2,1-2H3. The van der Waals surface area contributed by atoms with Crippen LogP contribution in [0.2, 0.25) is 0 Å². The van der Waals surface area contributed by atoms with E-state index in [2.05, 4.69) is 11.9 Å². The van der Waals surface area contributed by atoms with Crippen molar-refractivity contribution in [3.63, 3.8) is 0 Å². The summed E-state index contributed by atoms with van der Waals surface area (Å²) in [5.74, 6) is 1.14. The highest BCUT2D eigenvalue weighted by molar-refractivity contribution is 5.78. The molecule has 0 unspecified atom stereocenters. The molecule has 0 aliphatic rings. The van der Waals surface area contributed by atoms with Crippen molar-refractivity contribution in [2.45, 2.75) is 20.3 Å². The van der Waals surface area contributed by atoms with Crippen LogP contribution in [0.1, 0.15) is 18.4 Å². The first-order valence-electron chi connectivity index (χ1n) is 7.43. The van der Waals surface area contributed by atoms with Gasteiger partial charge in [0.25, 0.3) is 0 Å². The Bertz CT molecular complexity index is 821. The summed E-state index contributed by atoms with van der Waals surface area (Å²) in [6, 6.07) is 12.7. The fraction of sp³-hybridized carbons (Fsp3) is 0.222. The number of nitrogens with zero attached hydrogens (tertiary/aromatic N) is 1. The summed E-state index contributed by atoms with van der Waals surface area (Å²) in [6.07, 6.45) is 0.964. The summed E-state index contributed by atoms with van der Waals surface area (Å²) in [4.78, 5) is 16.0. The van der Waals surface area contributed by atoms with Crippen molar-refractivity contribution in [3.05, 3.63) is 53.9 Å². The van der Waals surface area contributed by atoms with Crippen molar-refractivity contribution in [2.24, 2.45) is 0 Å². The number of aryl methyl sites for hydroxylation is 2. The zero-order valence-electron chi connectivity index (χ0n) is 13.0. The number of hydrogen-bond acceptors (Lipinski definition) is 5. The van der Waals surface area contributed by atoms with Crippen molar-refractivity contribution >= 4 is 17.1 Å². The van der Waals surface area contributed by atoms with E-state index in [1.807, 2.05) is 24.3 Å². The molecule has 0 atom stereocenters. The minimum Gasteiger partial charge on any atom is -0.482 e. The van der Waals surface area contributed by atoms with Crippen LogP contribution in [0.5, 0.6) is 11.5 Å². The van der Waals surface area contributed by atoms with Gasteiger partial charge in [-0.15, -0.1) is 0 Å². The van der Waals surface area contributed by atoms with Gasteiger partial charge in [-0.3, -0.25) is 0 Å². The average molecular weight is 311 g/mol. The summed E-state index contributed by atoms with van der Waals surface area (Å²) >= 11 is 0. The van der Waals surface area contributed by atoms with E-state index in [9.17, 15) is 4.79 Å². The quantitative estimate of drug-likeness (QED) is 0.531. The molecule has 0 saturated heterocycles. The van der Waals surface area contributed by atoms with Gasteiger partial charge in [0.1, 0.15) is 17.0 Å². The number of rotatable bonds is 5. The van der Waals surface area contributed by atoms with E-state index < -0.39 is 5.97 Å². The normalized spacial score (nSPS) is 10.7. The second kappa shape index (κ2) is 6.52. The monoisotopic (exact) mass is 311 g/mol. The molecule has 0 aliphatic heterocycles. The van der Waals surface area contributed by atoms with Gasteiger partial charge in [-0.2, -0.15) is 0 Å². The molecule has 5 heteroatoms. The molecule has 0 radical (unpaired) electrons. The Morgan fingerprint density at radius 1 is 1.13 bits per heavy atom. The van der Waals surface area contributed by atoms with Crippen LogP contribution in [0.4, 0.5) is 0 Å². The van der Waals surface area contributed by atoms with Gasteiger partial charge >= 0.3 is 5.97 Å². The van der Waals surface area contributed by atoms with Gasteiger partial charge < -0.3 is 13.9 Å². The number of fused-ring (bicyclic) bond motifs is 1. The maximum absolute atomic E-state index is 11.9. The molecule has 0 amide bonds. The Labute approximate surface area is 133 Å². The molecule has 2 aromatic carbocycles. The molecule has 0 saturated carbocycles. The molecule has 1 aromatic heterocycles.